The summed E-state index contributed by atoms with van der Waals surface area (Å²) in [6.07, 6.45) is 0.444. The molecule has 0 aromatic carbocycles. The largest absolute Gasteiger partial charge is 0.444 e. The minimum absolute atomic E-state index is 0.175. The van der Waals surface area contributed by atoms with Gasteiger partial charge < -0.3 is 18.5 Å². The third-order valence-electron chi connectivity index (χ3n) is 3.05. The summed E-state index contributed by atoms with van der Waals surface area (Å²) in [6.45, 7) is -1.46. The molecule has 9 nitrogen and oxygen atoms in total. The molecule has 2 amide bonds. The van der Waals surface area contributed by atoms with Crippen molar-refractivity contribution >= 4 is 89.4 Å². The molecule has 0 saturated heterocycles. The van der Waals surface area contributed by atoms with Crippen molar-refractivity contribution in [3.8, 4) is 0 Å². The molecule has 0 aromatic heterocycles. The quantitative estimate of drug-likeness (QED) is 0.277. The highest BCUT2D eigenvalue weighted by Crippen LogP contribution is 2.54. The van der Waals surface area contributed by atoms with Crippen LogP contribution in [-0.2, 0) is 23.1 Å². The van der Waals surface area contributed by atoms with Crippen LogP contribution in [0.5, 0.6) is 0 Å². The lowest BCUT2D eigenvalue weighted by Gasteiger charge is -2.40. The molecule has 0 aromatic rings. The molecule has 1 unspecified atom stereocenters. The zero-order valence-corrected chi connectivity index (χ0v) is 19.8. The van der Waals surface area contributed by atoms with Gasteiger partial charge in [0, 0.05) is 14.2 Å². The van der Waals surface area contributed by atoms with Gasteiger partial charge in [0.1, 0.15) is 13.2 Å². The number of rotatable bonds is 5. The monoisotopic (exact) mass is 540 g/mol. The normalized spacial score (nSPS) is 18.2. The van der Waals surface area contributed by atoms with Gasteiger partial charge in [0.05, 0.1) is 6.54 Å². The van der Waals surface area contributed by atoms with Crippen molar-refractivity contribution < 1.29 is 32.7 Å². The number of hydrogen-bond donors (Lipinski definition) is 0. The zero-order valence-electron chi connectivity index (χ0n) is 14.3. The molecule has 1 aliphatic heterocycles. The van der Waals surface area contributed by atoms with Gasteiger partial charge in [-0.25, -0.2) is 14.6 Å². The van der Waals surface area contributed by atoms with E-state index in [0.717, 1.165) is 19.2 Å². The first kappa shape index (κ1) is 26.2. The van der Waals surface area contributed by atoms with Crippen molar-refractivity contribution in [1.29, 1.82) is 0 Å². The van der Waals surface area contributed by atoms with Gasteiger partial charge in [0.15, 0.2) is 5.78 Å². The number of carbonyl (C=O) groups excluding carboxylic acids is 2. The summed E-state index contributed by atoms with van der Waals surface area (Å²) in [4.78, 5) is 25.0. The molecule has 1 rings (SSSR count). The predicted octanol–water partition coefficient (Wildman–Crippen LogP) is 4.90. The van der Waals surface area contributed by atoms with Crippen molar-refractivity contribution in [3.63, 3.8) is 0 Å². The van der Waals surface area contributed by atoms with Crippen LogP contribution in [0.3, 0.4) is 0 Å². The molecule has 0 radical (unpaired) electrons. The van der Waals surface area contributed by atoms with Gasteiger partial charge >= 0.3 is 19.8 Å². The van der Waals surface area contributed by atoms with E-state index in [4.69, 9.17) is 88.1 Å². The molecule has 0 aliphatic carbocycles. The van der Waals surface area contributed by atoms with Crippen LogP contribution in [0.1, 0.15) is 0 Å². The molecule has 0 bridgehead atoms. The first-order chi connectivity index (χ1) is 12.7. The molecule has 1 atom stereocenters. The smallest absolute Gasteiger partial charge is 0.430 e. The lowest BCUT2D eigenvalue weighted by Crippen LogP contribution is -2.56. The van der Waals surface area contributed by atoms with E-state index in [1.54, 1.807) is 0 Å². The lowest BCUT2D eigenvalue weighted by molar-refractivity contribution is -0.0251. The third-order valence-corrected chi connectivity index (χ3v) is 5.76. The molecule has 0 fully saturated rings. The van der Waals surface area contributed by atoms with Crippen LogP contribution in [-0.4, -0.2) is 69.6 Å². The van der Waals surface area contributed by atoms with Crippen LogP contribution in [0.4, 0.5) is 9.59 Å². The Morgan fingerprint density at radius 2 is 1.46 bits per heavy atom. The van der Waals surface area contributed by atoms with Gasteiger partial charge in [-0.3, -0.25) is 4.57 Å². The SMILES string of the molecule is COP(=O)(OC)C1C=CCN(C(=O)OCC(Cl)(Cl)Cl)N1C(=O)OCC(Cl)(Cl)Cl. The summed E-state index contributed by atoms with van der Waals surface area (Å²) < 4.78 is 28.6. The average molecular weight is 543 g/mol. The fourth-order valence-corrected chi connectivity index (χ4v) is 3.65. The minimum atomic E-state index is -3.95. The fourth-order valence-electron chi connectivity index (χ4n) is 1.92. The number of ether oxygens (including phenoxy) is 2. The second kappa shape index (κ2) is 10.5. The number of alkyl halides is 6. The highest BCUT2D eigenvalue weighted by atomic mass is 35.6. The van der Waals surface area contributed by atoms with Gasteiger partial charge in [0.25, 0.3) is 0 Å². The fraction of sp³-hybridized carbons (Fsp3) is 0.667. The van der Waals surface area contributed by atoms with E-state index in [2.05, 4.69) is 0 Å². The second-order valence-electron chi connectivity index (χ2n) is 5.01. The van der Waals surface area contributed by atoms with E-state index in [1.165, 1.54) is 12.2 Å². The molecule has 28 heavy (non-hydrogen) atoms. The highest BCUT2D eigenvalue weighted by Gasteiger charge is 2.47. The molecule has 0 saturated carbocycles. The van der Waals surface area contributed by atoms with E-state index in [-0.39, 0.29) is 6.54 Å². The highest BCUT2D eigenvalue weighted by molar-refractivity contribution is 7.54. The van der Waals surface area contributed by atoms with E-state index >= 15 is 0 Å². The van der Waals surface area contributed by atoms with Crippen molar-refractivity contribution in [1.82, 2.24) is 10.0 Å². The molecule has 16 heteroatoms. The van der Waals surface area contributed by atoms with Crippen LogP contribution in [0, 0.1) is 0 Å². The number of hydrazine groups is 1. The van der Waals surface area contributed by atoms with Crippen LogP contribution in [0.15, 0.2) is 12.2 Å². The van der Waals surface area contributed by atoms with E-state index in [1.807, 2.05) is 0 Å². The Morgan fingerprint density at radius 3 is 1.89 bits per heavy atom. The van der Waals surface area contributed by atoms with Gasteiger partial charge in [-0.05, 0) is 6.08 Å². The summed E-state index contributed by atoms with van der Waals surface area (Å²) in [5.41, 5.74) is 0. The predicted molar refractivity (Wildman–Crippen MR) is 106 cm³/mol. The lowest BCUT2D eigenvalue weighted by atomic mass is 10.4. The van der Waals surface area contributed by atoms with E-state index < -0.39 is 46.4 Å². The Hall–Kier alpha value is 0.170. The topological polar surface area (TPSA) is 94.6 Å². The third kappa shape index (κ3) is 7.78. The molecule has 0 spiro atoms. The number of halogens is 6. The number of carbonyl (C=O) groups is 2. The van der Waals surface area contributed by atoms with Crippen molar-refractivity contribution in [2.45, 2.75) is 13.4 Å². The summed E-state index contributed by atoms with van der Waals surface area (Å²) in [6, 6.07) is 0. The first-order valence-electron chi connectivity index (χ1n) is 7.15. The maximum absolute atomic E-state index is 12.8. The maximum Gasteiger partial charge on any atom is 0.430 e. The van der Waals surface area contributed by atoms with Crippen LogP contribution in [0.25, 0.3) is 0 Å². The van der Waals surface area contributed by atoms with Crippen molar-refractivity contribution in [2.24, 2.45) is 0 Å². The van der Waals surface area contributed by atoms with Crippen LogP contribution < -0.4 is 0 Å². The van der Waals surface area contributed by atoms with Crippen molar-refractivity contribution in [3.05, 3.63) is 12.2 Å². The number of nitrogens with zero attached hydrogens (tertiary/aromatic N) is 2. The molecule has 0 N–H and O–H groups in total. The Labute approximate surface area is 191 Å². The Morgan fingerprint density at radius 1 is 1.00 bits per heavy atom. The molecule has 1 heterocycles. The van der Waals surface area contributed by atoms with Crippen LogP contribution in [0.2, 0.25) is 0 Å². The summed E-state index contributed by atoms with van der Waals surface area (Å²) in [7, 11) is -1.75. The molecular weight excluding hydrogens is 528 g/mol. The summed E-state index contributed by atoms with van der Waals surface area (Å²) in [5, 5.41) is 1.39. The number of amides is 2. The summed E-state index contributed by atoms with van der Waals surface area (Å²) in [5.74, 6) is -1.39. The summed E-state index contributed by atoms with van der Waals surface area (Å²) >= 11 is 33.3. The molecular formula is C12H15Cl6N2O7P. The standard InChI is InChI=1S/C12H15Cl6N2O7P/c1-24-28(23,25-2)8-4-3-5-19(9(21)26-6-11(13,14)15)20(8)10(22)27-7-12(16,17)18/h3-4,8H,5-7H2,1-2H3. The maximum atomic E-state index is 12.8. The molecule has 162 valence electrons. The minimum Gasteiger partial charge on any atom is -0.444 e. The Balaban J connectivity index is 3.18. The van der Waals surface area contributed by atoms with E-state index in [9.17, 15) is 14.2 Å². The molecule has 1 aliphatic rings. The Bertz CT molecular complexity index is 645. The Kier molecular flexibility index (Phi) is 9.79. The van der Waals surface area contributed by atoms with Gasteiger partial charge in [0.2, 0.25) is 7.59 Å². The van der Waals surface area contributed by atoms with E-state index in [0.29, 0.717) is 5.01 Å². The van der Waals surface area contributed by atoms with Gasteiger partial charge in [-0.2, -0.15) is 5.01 Å². The van der Waals surface area contributed by atoms with Gasteiger partial charge in [-0.15, -0.1) is 0 Å². The first-order valence-corrected chi connectivity index (χ1v) is 11.0. The van der Waals surface area contributed by atoms with Gasteiger partial charge in [-0.1, -0.05) is 75.7 Å². The second-order valence-corrected chi connectivity index (χ2v) is 12.4. The average Bonchev–Trinajstić information content (AvgIpc) is 2.61. The van der Waals surface area contributed by atoms with Crippen molar-refractivity contribution in [2.75, 3.05) is 34.0 Å². The number of hydrogen-bond acceptors (Lipinski definition) is 7. The van der Waals surface area contributed by atoms with Crippen LogP contribution >= 0.6 is 77.2 Å². The zero-order chi connectivity index (χ0) is 21.8.